The minimum Gasteiger partial charge on any atom is -0.370 e. The summed E-state index contributed by atoms with van der Waals surface area (Å²) in [6, 6.07) is 4.26. The molecular formula is C10H15N5S. The number of nitrogens with one attached hydrogen (secondary N) is 4. The molecule has 1 fully saturated rings. The molecule has 1 saturated carbocycles. The first kappa shape index (κ1) is 10.9. The highest BCUT2D eigenvalue weighted by atomic mass is 32.1. The van der Waals surface area contributed by atoms with Crippen molar-refractivity contribution in [2.45, 2.75) is 18.9 Å². The van der Waals surface area contributed by atoms with E-state index in [9.17, 15) is 0 Å². The molecule has 1 aromatic rings. The average molecular weight is 237 g/mol. The first-order chi connectivity index (χ1) is 7.66. The fourth-order valence-electron chi connectivity index (χ4n) is 1.65. The minimum absolute atomic E-state index is 0.0952. The molecule has 1 aliphatic rings. The Kier molecular flexibility index (Phi) is 3.09. The Hall–Kier alpha value is -1.56. The molecule has 1 unspecified atom stereocenters. The molecule has 5 nitrogen and oxygen atoms in total. The molecule has 0 radical (unpaired) electrons. The van der Waals surface area contributed by atoms with Gasteiger partial charge in [-0.1, -0.05) is 6.07 Å². The van der Waals surface area contributed by atoms with Gasteiger partial charge in [0, 0.05) is 4.88 Å². The van der Waals surface area contributed by atoms with Crippen LogP contribution in [0.2, 0.25) is 0 Å². The maximum absolute atomic E-state index is 7.63. The number of guanidine groups is 2. The van der Waals surface area contributed by atoms with Gasteiger partial charge in [0.15, 0.2) is 11.9 Å². The summed E-state index contributed by atoms with van der Waals surface area (Å²) in [5, 5.41) is 22.3. The van der Waals surface area contributed by atoms with Crippen molar-refractivity contribution in [2.75, 3.05) is 0 Å². The van der Waals surface area contributed by atoms with Gasteiger partial charge in [-0.05, 0) is 30.2 Å². The van der Waals surface area contributed by atoms with Crippen molar-refractivity contribution in [3.05, 3.63) is 22.4 Å². The van der Waals surface area contributed by atoms with Gasteiger partial charge in [-0.15, -0.1) is 11.3 Å². The van der Waals surface area contributed by atoms with Crippen LogP contribution in [0.4, 0.5) is 0 Å². The molecule has 2 rings (SSSR count). The van der Waals surface area contributed by atoms with Crippen molar-refractivity contribution < 1.29 is 0 Å². The zero-order chi connectivity index (χ0) is 11.5. The number of rotatable bonds is 3. The molecule has 16 heavy (non-hydrogen) atoms. The second-order valence-corrected chi connectivity index (χ2v) is 4.87. The Morgan fingerprint density at radius 1 is 1.50 bits per heavy atom. The van der Waals surface area contributed by atoms with Crippen LogP contribution < -0.4 is 16.4 Å². The third-order valence-electron chi connectivity index (χ3n) is 2.50. The third-order valence-corrected chi connectivity index (χ3v) is 3.46. The van der Waals surface area contributed by atoms with Crippen LogP contribution in [0.5, 0.6) is 0 Å². The van der Waals surface area contributed by atoms with Crippen LogP contribution >= 0.6 is 11.3 Å². The van der Waals surface area contributed by atoms with Gasteiger partial charge in [0.25, 0.3) is 0 Å². The van der Waals surface area contributed by atoms with Gasteiger partial charge in [-0.25, -0.2) is 0 Å². The van der Waals surface area contributed by atoms with E-state index in [0.717, 1.165) is 0 Å². The zero-order valence-corrected chi connectivity index (χ0v) is 9.60. The van der Waals surface area contributed by atoms with E-state index in [1.807, 2.05) is 11.4 Å². The van der Waals surface area contributed by atoms with E-state index < -0.39 is 0 Å². The molecule has 0 bridgehead atoms. The van der Waals surface area contributed by atoms with Crippen LogP contribution in [0.15, 0.2) is 17.5 Å². The highest BCUT2D eigenvalue weighted by Gasteiger charge is 2.33. The fraction of sp³-hybridized carbons (Fsp3) is 0.400. The van der Waals surface area contributed by atoms with E-state index in [2.05, 4.69) is 16.7 Å². The highest BCUT2D eigenvalue weighted by molar-refractivity contribution is 7.10. The normalized spacial score (nSPS) is 16.5. The summed E-state index contributed by atoms with van der Waals surface area (Å²) in [6.45, 7) is 0. The predicted octanol–water partition coefficient (Wildman–Crippen LogP) is 1.21. The lowest BCUT2D eigenvalue weighted by Crippen LogP contribution is -2.44. The van der Waals surface area contributed by atoms with Crippen molar-refractivity contribution in [3.8, 4) is 0 Å². The van der Waals surface area contributed by atoms with Crippen LogP contribution in [0, 0.1) is 16.7 Å². The summed E-state index contributed by atoms with van der Waals surface area (Å²) in [5.41, 5.74) is 5.17. The molecule has 0 saturated heterocycles. The van der Waals surface area contributed by atoms with E-state index in [-0.39, 0.29) is 18.0 Å². The Bertz CT molecular complexity index is 382. The smallest absolute Gasteiger partial charge is 0.195 e. The molecule has 0 aliphatic heterocycles. The number of thiophene rings is 1. The fourth-order valence-corrected chi connectivity index (χ4v) is 2.51. The first-order valence-corrected chi connectivity index (χ1v) is 6.04. The molecule has 0 spiro atoms. The molecule has 1 heterocycles. The topological polar surface area (TPSA) is 97.8 Å². The Morgan fingerprint density at radius 3 is 2.75 bits per heavy atom. The van der Waals surface area contributed by atoms with Gasteiger partial charge in [0.2, 0.25) is 0 Å². The van der Waals surface area contributed by atoms with Gasteiger partial charge in [-0.2, -0.15) is 0 Å². The summed E-state index contributed by atoms with van der Waals surface area (Å²) in [6.07, 6.45) is 2.39. The van der Waals surface area contributed by atoms with E-state index in [1.54, 1.807) is 11.3 Å². The van der Waals surface area contributed by atoms with Crippen molar-refractivity contribution in [1.82, 2.24) is 10.6 Å². The molecular weight excluding hydrogens is 222 g/mol. The van der Waals surface area contributed by atoms with Gasteiger partial charge in [0.05, 0.1) is 6.04 Å². The van der Waals surface area contributed by atoms with Crippen LogP contribution in [0.25, 0.3) is 0 Å². The second-order valence-electron chi connectivity index (χ2n) is 3.89. The maximum atomic E-state index is 7.63. The first-order valence-electron chi connectivity index (χ1n) is 5.16. The molecule has 6 heteroatoms. The van der Waals surface area contributed by atoms with Crippen LogP contribution in [0.3, 0.4) is 0 Å². The van der Waals surface area contributed by atoms with Crippen molar-refractivity contribution in [3.63, 3.8) is 0 Å². The summed E-state index contributed by atoms with van der Waals surface area (Å²) in [7, 11) is 0. The standard InChI is InChI=1S/C10H15N5S/c11-9(12)15-10(13)14-8(6-3-4-6)7-2-1-5-16-7/h1-2,5-6,8H,3-4H2,(H6,11,12,13,14,15). The Labute approximate surface area is 98.1 Å². The van der Waals surface area contributed by atoms with Crippen molar-refractivity contribution >= 4 is 23.3 Å². The molecule has 86 valence electrons. The Morgan fingerprint density at radius 2 is 2.25 bits per heavy atom. The van der Waals surface area contributed by atoms with Gasteiger partial charge < -0.3 is 11.1 Å². The molecule has 6 N–H and O–H groups in total. The monoisotopic (exact) mass is 237 g/mol. The Balaban J connectivity index is 1.98. The summed E-state index contributed by atoms with van der Waals surface area (Å²) in [5.74, 6) is 0.490. The van der Waals surface area contributed by atoms with Gasteiger partial charge in [0.1, 0.15) is 0 Å². The van der Waals surface area contributed by atoms with E-state index in [0.29, 0.717) is 5.92 Å². The zero-order valence-electron chi connectivity index (χ0n) is 8.79. The van der Waals surface area contributed by atoms with E-state index >= 15 is 0 Å². The summed E-state index contributed by atoms with van der Waals surface area (Å²) < 4.78 is 0. The lowest BCUT2D eigenvalue weighted by atomic mass is 10.1. The molecule has 0 aromatic carbocycles. The minimum atomic E-state index is -0.210. The average Bonchev–Trinajstić information content (AvgIpc) is 2.89. The summed E-state index contributed by atoms with van der Waals surface area (Å²) in [4.78, 5) is 1.23. The highest BCUT2D eigenvalue weighted by Crippen LogP contribution is 2.42. The third kappa shape index (κ3) is 2.73. The largest absolute Gasteiger partial charge is 0.370 e. The van der Waals surface area contributed by atoms with Crippen LogP contribution in [0.1, 0.15) is 23.8 Å². The quantitative estimate of drug-likeness (QED) is 0.403. The second kappa shape index (κ2) is 4.52. The summed E-state index contributed by atoms with van der Waals surface area (Å²) >= 11 is 1.69. The molecule has 0 amide bonds. The number of hydrogen-bond acceptors (Lipinski definition) is 3. The van der Waals surface area contributed by atoms with Gasteiger partial charge >= 0.3 is 0 Å². The van der Waals surface area contributed by atoms with E-state index in [4.69, 9.17) is 16.6 Å². The lowest BCUT2D eigenvalue weighted by molar-refractivity contribution is 0.572. The van der Waals surface area contributed by atoms with Crippen molar-refractivity contribution in [2.24, 2.45) is 11.7 Å². The van der Waals surface area contributed by atoms with Crippen LogP contribution in [-0.2, 0) is 0 Å². The number of nitrogens with two attached hydrogens (primary N) is 1. The van der Waals surface area contributed by atoms with Crippen molar-refractivity contribution in [1.29, 1.82) is 10.8 Å². The van der Waals surface area contributed by atoms with Crippen LogP contribution in [-0.4, -0.2) is 11.9 Å². The maximum Gasteiger partial charge on any atom is 0.195 e. The predicted molar refractivity (Wildman–Crippen MR) is 65.7 cm³/mol. The molecule has 1 aliphatic carbocycles. The SMILES string of the molecule is N=C(N)NC(=N)NC(c1cccs1)C1CC1. The van der Waals surface area contributed by atoms with E-state index in [1.165, 1.54) is 17.7 Å². The molecule has 1 aromatic heterocycles. The lowest BCUT2D eigenvalue weighted by Gasteiger charge is -2.18. The molecule has 1 atom stereocenters. The number of hydrogen-bond donors (Lipinski definition) is 5. The van der Waals surface area contributed by atoms with Gasteiger partial charge in [-0.3, -0.25) is 16.1 Å².